The van der Waals surface area contributed by atoms with Gasteiger partial charge in [-0.25, -0.2) is 0 Å². The number of anilines is 1. The molecule has 1 N–H and O–H groups in total. The summed E-state index contributed by atoms with van der Waals surface area (Å²) < 4.78 is 2.05. The first-order valence-corrected chi connectivity index (χ1v) is 8.27. The number of H-pyrrole nitrogens is 1. The second-order valence-electron chi connectivity index (χ2n) is 6.45. The molecule has 0 saturated carbocycles. The summed E-state index contributed by atoms with van der Waals surface area (Å²) in [5.74, 6) is 0. The SMILES string of the molecule is Cc1cc(C)n(C2CCN(c3c(C#N)c(=O)[nH]c4cccnc34)C2)n1. The van der Waals surface area contributed by atoms with E-state index in [2.05, 4.69) is 32.1 Å². The van der Waals surface area contributed by atoms with E-state index in [4.69, 9.17) is 0 Å². The van der Waals surface area contributed by atoms with E-state index < -0.39 is 0 Å². The second-order valence-corrected chi connectivity index (χ2v) is 6.45. The van der Waals surface area contributed by atoms with Crippen molar-refractivity contribution < 1.29 is 0 Å². The van der Waals surface area contributed by atoms with E-state index in [-0.39, 0.29) is 17.2 Å². The number of hydrogen-bond acceptors (Lipinski definition) is 5. The molecule has 0 spiro atoms. The summed E-state index contributed by atoms with van der Waals surface area (Å²) in [4.78, 5) is 21.5. The molecule has 4 heterocycles. The van der Waals surface area contributed by atoms with Gasteiger partial charge in [0.05, 0.1) is 22.9 Å². The molecule has 3 aromatic rings. The van der Waals surface area contributed by atoms with Crippen molar-refractivity contribution in [3.8, 4) is 6.07 Å². The average molecular weight is 334 g/mol. The Bertz CT molecular complexity index is 1060. The number of hydrogen-bond donors (Lipinski definition) is 1. The number of aromatic nitrogens is 4. The molecule has 1 aliphatic rings. The molecule has 7 nitrogen and oxygen atoms in total. The second kappa shape index (κ2) is 5.74. The molecule has 1 fully saturated rings. The van der Waals surface area contributed by atoms with Gasteiger partial charge in [0, 0.05) is 25.0 Å². The molecule has 1 aliphatic heterocycles. The Labute approximate surface area is 144 Å². The van der Waals surface area contributed by atoms with E-state index >= 15 is 0 Å². The number of aromatic amines is 1. The fourth-order valence-electron chi connectivity index (χ4n) is 3.68. The van der Waals surface area contributed by atoms with E-state index in [1.165, 1.54) is 0 Å². The maximum atomic E-state index is 12.3. The molecule has 1 atom stereocenters. The normalized spacial score (nSPS) is 17.2. The van der Waals surface area contributed by atoms with Crippen LogP contribution in [0.2, 0.25) is 0 Å². The van der Waals surface area contributed by atoms with Crippen LogP contribution in [-0.4, -0.2) is 32.8 Å². The Morgan fingerprint density at radius 3 is 2.96 bits per heavy atom. The van der Waals surface area contributed by atoms with E-state index in [1.54, 1.807) is 12.3 Å². The maximum Gasteiger partial charge on any atom is 0.268 e. The Hall–Kier alpha value is -3.14. The van der Waals surface area contributed by atoms with E-state index in [9.17, 15) is 10.1 Å². The fraction of sp³-hybridized carbons (Fsp3) is 0.333. The van der Waals surface area contributed by atoms with Crippen LogP contribution in [0.5, 0.6) is 0 Å². The summed E-state index contributed by atoms with van der Waals surface area (Å²) >= 11 is 0. The van der Waals surface area contributed by atoms with Crippen molar-refractivity contribution >= 4 is 16.7 Å². The number of aryl methyl sites for hydroxylation is 2. The molecular formula is C18H18N6O. The van der Waals surface area contributed by atoms with Gasteiger partial charge in [-0.1, -0.05) is 0 Å². The van der Waals surface area contributed by atoms with Gasteiger partial charge >= 0.3 is 0 Å². The van der Waals surface area contributed by atoms with Gasteiger partial charge in [-0.15, -0.1) is 0 Å². The van der Waals surface area contributed by atoms with Crippen molar-refractivity contribution in [3.05, 3.63) is 51.7 Å². The lowest BCUT2D eigenvalue weighted by Crippen LogP contribution is -2.26. The lowest BCUT2D eigenvalue weighted by Gasteiger charge is -2.21. The van der Waals surface area contributed by atoms with E-state index in [0.717, 1.165) is 24.4 Å². The molecule has 0 aromatic carbocycles. The van der Waals surface area contributed by atoms with Crippen LogP contribution in [0, 0.1) is 25.2 Å². The zero-order valence-corrected chi connectivity index (χ0v) is 14.2. The maximum absolute atomic E-state index is 12.3. The van der Waals surface area contributed by atoms with Gasteiger partial charge in [0.1, 0.15) is 17.1 Å². The predicted molar refractivity (Wildman–Crippen MR) is 94.6 cm³/mol. The van der Waals surface area contributed by atoms with Gasteiger partial charge in [0.15, 0.2) is 0 Å². The lowest BCUT2D eigenvalue weighted by atomic mass is 10.1. The summed E-state index contributed by atoms with van der Waals surface area (Å²) in [6, 6.07) is 7.92. The highest BCUT2D eigenvalue weighted by molar-refractivity contribution is 5.91. The summed E-state index contributed by atoms with van der Waals surface area (Å²) in [7, 11) is 0. The fourth-order valence-corrected chi connectivity index (χ4v) is 3.68. The first-order valence-electron chi connectivity index (χ1n) is 8.27. The molecule has 0 radical (unpaired) electrons. The summed E-state index contributed by atoms with van der Waals surface area (Å²) in [5.41, 5.74) is 3.82. The Kier molecular flexibility index (Phi) is 3.53. The van der Waals surface area contributed by atoms with Crippen molar-refractivity contribution in [2.24, 2.45) is 0 Å². The quantitative estimate of drug-likeness (QED) is 0.774. The molecule has 7 heteroatoms. The van der Waals surface area contributed by atoms with E-state index in [0.29, 0.717) is 23.3 Å². The number of rotatable bonds is 2. The zero-order chi connectivity index (χ0) is 17.6. The van der Waals surface area contributed by atoms with Crippen LogP contribution in [0.1, 0.15) is 29.4 Å². The van der Waals surface area contributed by atoms with E-state index in [1.807, 2.05) is 24.6 Å². The number of nitrogens with one attached hydrogen (secondary N) is 1. The number of nitriles is 1. The Balaban J connectivity index is 1.79. The molecule has 4 rings (SSSR count). The molecule has 3 aromatic heterocycles. The van der Waals surface area contributed by atoms with Gasteiger partial charge in [0.2, 0.25) is 0 Å². The molecule has 0 bridgehead atoms. The van der Waals surface area contributed by atoms with Crippen LogP contribution in [0.4, 0.5) is 5.69 Å². The summed E-state index contributed by atoms with van der Waals surface area (Å²) in [6.45, 7) is 5.49. The third-order valence-electron chi connectivity index (χ3n) is 4.73. The Morgan fingerprint density at radius 2 is 2.24 bits per heavy atom. The minimum absolute atomic E-state index is 0.125. The molecule has 0 amide bonds. The molecule has 0 aliphatic carbocycles. The predicted octanol–water partition coefficient (Wildman–Crippen LogP) is 2.06. The van der Waals surface area contributed by atoms with Crippen LogP contribution in [0.15, 0.2) is 29.2 Å². The smallest absolute Gasteiger partial charge is 0.268 e. The monoisotopic (exact) mass is 334 g/mol. The number of fused-ring (bicyclic) bond motifs is 1. The van der Waals surface area contributed by atoms with Crippen LogP contribution >= 0.6 is 0 Å². The topological polar surface area (TPSA) is 90.6 Å². The number of nitrogens with zero attached hydrogens (tertiary/aromatic N) is 5. The summed E-state index contributed by atoms with van der Waals surface area (Å²) in [5, 5.41) is 14.1. The highest BCUT2D eigenvalue weighted by Gasteiger charge is 2.29. The van der Waals surface area contributed by atoms with Crippen molar-refractivity contribution in [3.63, 3.8) is 0 Å². The molecule has 25 heavy (non-hydrogen) atoms. The largest absolute Gasteiger partial charge is 0.366 e. The average Bonchev–Trinajstić information content (AvgIpc) is 3.19. The van der Waals surface area contributed by atoms with Crippen LogP contribution < -0.4 is 10.5 Å². The third-order valence-corrected chi connectivity index (χ3v) is 4.73. The van der Waals surface area contributed by atoms with Crippen LogP contribution in [0.3, 0.4) is 0 Å². The first kappa shape index (κ1) is 15.4. The zero-order valence-electron chi connectivity index (χ0n) is 14.2. The Morgan fingerprint density at radius 1 is 1.40 bits per heavy atom. The van der Waals surface area contributed by atoms with Crippen LogP contribution in [0.25, 0.3) is 11.0 Å². The van der Waals surface area contributed by atoms with Gasteiger partial charge < -0.3 is 9.88 Å². The minimum Gasteiger partial charge on any atom is -0.366 e. The molecule has 126 valence electrons. The first-order chi connectivity index (χ1) is 12.1. The van der Waals surface area contributed by atoms with Gasteiger partial charge in [-0.3, -0.25) is 14.5 Å². The van der Waals surface area contributed by atoms with Crippen LogP contribution in [-0.2, 0) is 0 Å². The molecular weight excluding hydrogens is 316 g/mol. The van der Waals surface area contributed by atoms with Gasteiger partial charge in [0.25, 0.3) is 5.56 Å². The highest BCUT2D eigenvalue weighted by atomic mass is 16.1. The molecule has 1 saturated heterocycles. The van der Waals surface area contributed by atoms with Crippen molar-refractivity contribution in [2.75, 3.05) is 18.0 Å². The molecule has 1 unspecified atom stereocenters. The van der Waals surface area contributed by atoms with Crippen molar-refractivity contribution in [1.82, 2.24) is 19.7 Å². The van der Waals surface area contributed by atoms with Gasteiger partial charge in [-0.05, 0) is 38.5 Å². The highest BCUT2D eigenvalue weighted by Crippen LogP contribution is 2.32. The van der Waals surface area contributed by atoms with Crippen molar-refractivity contribution in [2.45, 2.75) is 26.3 Å². The lowest BCUT2D eigenvalue weighted by molar-refractivity contribution is 0.481. The van der Waals surface area contributed by atoms with Gasteiger partial charge in [-0.2, -0.15) is 10.4 Å². The third kappa shape index (κ3) is 2.47. The van der Waals surface area contributed by atoms with Crippen molar-refractivity contribution in [1.29, 1.82) is 5.26 Å². The standard InChI is InChI=1S/C18H18N6O/c1-11-8-12(2)24(22-11)13-5-7-23(10-13)17-14(9-19)18(25)21-15-4-3-6-20-16(15)17/h3-4,6,8,13H,5,7,10H2,1-2H3,(H,21,25). The number of pyridine rings is 2. The summed E-state index contributed by atoms with van der Waals surface area (Å²) in [6.07, 6.45) is 2.59. The minimum atomic E-state index is -0.368.